The Labute approximate surface area is 223 Å². The van der Waals surface area contributed by atoms with Crippen LogP contribution in [0.1, 0.15) is 50.9 Å². The number of anilines is 1. The van der Waals surface area contributed by atoms with Crippen molar-refractivity contribution in [1.82, 2.24) is 15.1 Å². The molecule has 2 amide bonds. The molecule has 0 bridgehead atoms. The van der Waals surface area contributed by atoms with Crippen LogP contribution in [0.4, 0.5) is 14.5 Å². The van der Waals surface area contributed by atoms with Gasteiger partial charge in [0.05, 0.1) is 12.0 Å². The number of hydrogen-bond acceptors (Lipinski definition) is 6. The zero-order chi connectivity index (χ0) is 27.6. The van der Waals surface area contributed by atoms with Crippen LogP contribution in [-0.4, -0.2) is 97.9 Å². The number of nitrogens with zero attached hydrogens (tertiary/aromatic N) is 3. The number of ether oxygens (including phenoxy) is 1. The molecule has 0 spiro atoms. The molecule has 210 valence electrons. The van der Waals surface area contributed by atoms with Crippen LogP contribution in [0.2, 0.25) is 0 Å². The first-order valence-electron chi connectivity index (χ1n) is 13.7. The molecular formula is C28H40F2N4O4. The van der Waals surface area contributed by atoms with E-state index in [-0.39, 0.29) is 18.9 Å². The summed E-state index contributed by atoms with van der Waals surface area (Å²) >= 11 is 0. The number of benzene rings is 1. The molecule has 3 heterocycles. The van der Waals surface area contributed by atoms with Crippen LogP contribution >= 0.6 is 0 Å². The molecule has 1 aromatic rings. The van der Waals surface area contributed by atoms with Crippen molar-refractivity contribution in [2.75, 3.05) is 50.8 Å². The van der Waals surface area contributed by atoms with Crippen LogP contribution in [0.3, 0.4) is 0 Å². The SMILES string of the molecule is CCCN1CCN(c2ccc(C(=O)NC(C(=O)N3C[C@@H](C(F)F)[C@H]4OCC(=O)[C@H]43)C(C)(C)CC)cc2)CC1. The molecule has 0 aromatic heterocycles. The van der Waals surface area contributed by atoms with Crippen LogP contribution in [0.5, 0.6) is 0 Å². The van der Waals surface area contributed by atoms with Gasteiger partial charge in [-0.05, 0) is 49.1 Å². The highest BCUT2D eigenvalue weighted by atomic mass is 19.3. The minimum Gasteiger partial charge on any atom is -0.369 e. The van der Waals surface area contributed by atoms with Gasteiger partial charge >= 0.3 is 0 Å². The van der Waals surface area contributed by atoms with Crippen LogP contribution in [0.15, 0.2) is 24.3 Å². The summed E-state index contributed by atoms with van der Waals surface area (Å²) in [4.78, 5) is 45.5. The van der Waals surface area contributed by atoms with E-state index in [4.69, 9.17) is 4.74 Å². The van der Waals surface area contributed by atoms with Gasteiger partial charge in [0.15, 0.2) is 5.78 Å². The van der Waals surface area contributed by atoms with Gasteiger partial charge in [0.1, 0.15) is 18.7 Å². The number of carbonyl (C=O) groups is 3. The highest BCUT2D eigenvalue weighted by molar-refractivity contribution is 5.99. The number of amides is 2. The number of carbonyl (C=O) groups excluding carboxylic acids is 3. The number of halogens is 2. The topological polar surface area (TPSA) is 82.2 Å². The van der Waals surface area contributed by atoms with Crippen molar-refractivity contribution < 1.29 is 27.9 Å². The van der Waals surface area contributed by atoms with Gasteiger partial charge in [0.25, 0.3) is 5.91 Å². The first kappa shape index (κ1) is 28.4. The molecular weight excluding hydrogens is 494 g/mol. The number of alkyl halides is 2. The van der Waals surface area contributed by atoms with Gasteiger partial charge in [-0.1, -0.05) is 27.7 Å². The second kappa shape index (κ2) is 11.7. The normalized spacial score (nSPS) is 25.1. The first-order valence-corrected chi connectivity index (χ1v) is 13.7. The third-order valence-corrected chi connectivity index (χ3v) is 8.45. The van der Waals surface area contributed by atoms with E-state index < -0.39 is 47.8 Å². The first-order chi connectivity index (χ1) is 18.1. The monoisotopic (exact) mass is 534 g/mol. The Bertz CT molecular complexity index is 1010. The van der Waals surface area contributed by atoms with E-state index >= 15 is 0 Å². The molecule has 8 nitrogen and oxygen atoms in total. The number of rotatable bonds is 9. The summed E-state index contributed by atoms with van der Waals surface area (Å²) in [6.45, 7) is 12.2. The van der Waals surface area contributed by atoms with E-state index in [1.807, 2.05) is 32.9 Å². The van der Waals surface area contributed by atoms with Gasteiger partial charge in [-0.25, -0.2) is 8.78 Å². The second-order valence-corrected chi connectivity index (χ2v) is 11.3. The van der Waals surface area contributed by atoms with Gasteiger partial charge < -0.3 is 19.9 Å². The Balaban J connectivity index is 1.47. The Hall–Kier alpha value is -2.59. The van der Waals surface area contributed by atoms with Crippen molar-refractivity contribution in [3.8, 4) is 0 Å². The fourth-order valence-corrected chi connectivity index (χ4v) is 5.69. The minimum absolute atomic E-state index is 0.274. The fourth-order valence-electron chi connectivity index (χ4n) is 5.69. The van der Waals surface area contributed by atoms with E-state index in [1.165, 1.54) is 4.90 Å². The van der Waals surface area contributed by atoms with E-state index in [0.29, 0.717) is 12.0 Å². The summed E-state index contributed by atoms with van der Waals surface area (Å²) in [5.41, 5.74) is 0.777. The van der Waals surface area contributed by atoms with Crippen LogP contribution in [-0.2, 0) is 14.3 Å². The molecule has 3 aliphatic heterocycles. The maximum atomic E-state index is 13.8. The summed E-state index contributed by atoms with van der Waals surface area (Å²) < 4.78 is 32.7. The minimum atomic E-state index is -2.72. The zero-order valence-corrected chi connectivity index (χ0v) is 22.8. The molecule has 10 heteroatoms. The third-order valence-electron chi connectivity index (χ3n) is 8.45. The molecule has 0 radical (unpaired) electrons. The van der Waals surface area contributed by atoms with Crippen molar-refractivity contribution in [3.63, 3.8) is 0 Å². The van der Waals surface area contributed by atoms with Crippen molar-refractivity contribution in [1.29, 1.82) is 0 Å². The second-order valence-electron chi connectivity index (χ2n) is 11.3. The molecule has 0 saturated carbocycles. The smallest absolute Gasteiger partial charge is 0.251 e. The average Bonchev–Trinajstić information content (AvgIpc) is 3.48. The molecule has 4 atom stereocenters. The number of Topliss-reactive ketones (excluding diaryl/α,β-unsaturated/α-hetero) is 1. The van der Waals surface area contributed by atoms with Gasteiger partial charge in [-0.15, -0.1) is 0 Å². The van der Waals surface area contributed by atoms with E-state index in [1.54, 1.807) is 12.1 Å². The maximum Gasteiger partial charge on any atom is 0.251 e. The molecule has 1 N–H and O–H groups in total. The Kier molecular flexibility index (Phi) is 8.72. The van der Waals surface area contributed by atoms with Crippen molar-refractivity contribution in [3.05, 3.63) is 29.8 Å². The molecule has 1 aromatic carbocycles. The lowest BCUT2D eigenvalue weighted by Crippen LogP contribution is -2.57. The van der Waals surface area contributed by atoms with Gasteiger partial charge in [0, 0.05) is 44.0 Å². The Morgan fingerprint density at radius 2 is 1.76 bits per heavy atom. The van der Waals surface area contributed by atoms with E-state index in [9.17, 15) is 23.2 Å². The number of fused-ring (bicyclic) bond motifs is 1. The molecule has 0 aliphatic carbocycles. The van der Waals surface area contributed by atoms with Gasteiger partial charge in [-0.3, -0.25) is 19.3 Å². The summed E-state index contributed by atoms with van der Waals surface area (Å²) in [5, 5.41) is 2.87. The van der Waals surface area contributed by atoms with E-state index in [0.717, 1.165) is 44.8 Å². The number of piperazine rings is 1. The molecule has 1 unspecified atom stereocenters. The molecule has 38 heavy (non-hydrogen) atoms. The summed E-state index contributed by atoms with van der Waals surface area (Å²) in [6, 6.07) is 5.30. The standard InChI is InChI=1S/C28H40F2N4O4/c1-5-11-32-12-14-33(15-13-32)19-9-7-18(8-10-19)26(36)31-24(28(3,4)6-2)27(37)34-16-20(25(29)30)23-22(34)21(35)17-38-23/h7-10,20,22-25H,5-6,11-17H2,1-4H3,(H,31,36)/t20-,22-,23-,24?/m1/s1. The van der Waals surface area contributed by atoms with Crippen LogP contribution < -0.4 is 10.2 Å². The van der Waals surface area contributed by atoms with Crippen LogP contribution in [0, 0.1) is 11.3 Å². The summed E-state index contributed by atoms with van der Waals surface area (Å²) in [7, 11) is 0. The molecule has 3 saturated heterocycles. The molecule has 4 rings (SSSR count). The maximum absolute atomic E-state index is 13.8. The predicted molar refractivity (Wildman–Crippen MR) is 140 cm³/mol. The van der Waals surface area contributed by atoms with Crippen molar-refractivity contribution in [2.24, 2.45) is 11.3 Å². The lowest BCUT2D eigenvalue weighted by atomic mass is 9.80. The summed E-state index contributed by atoms with van der Waals surface area (Å²) in [6.07, 6.45) is -2.04. The Morgan fingerprint density at radius 1 is 1.11 bits per heavy atom. The number of likely N-dealkylation sites (tertiary alicyclic amines) is 1. The average molecular weight is 535 g/mol. The zero-order valence-electron chi connectivity index (χ0n) is 22.8. The number of ketones is 1. The third kappa shape index (κ3) is 5.71. The van der Waals surface area contributed by atoms with Crippen LogP contribution in [0.25, 0.3) is 0 Å². The van der Waals surface area contributed by atoms with Gasteiger partial charge in [0.2, 0.25) is 12.3 Å². The predicted octanol–water partition coefficient (Wildman–Crippen LogP) is 2.81. The lowest BCUT2D eigenvalue weighted by molar-refractivity contribution is -0.140. The molecule has 3 fully saturated rings. The highest BCUT2D eigenvalue weighted by Gasteiger charge is 2.56. The van der Waals surface area contributed by atoms with Crippen molar-refractivity contribution in [2.45, 2.75) is 65.1 Å². The number of hydrogen-bond donors (Lipinski definition) is 1. The van der Waals surface area contributed by atoms with Crippen molar-refractivity contribution >= 4 is 23.3 Å². The van der Waals surface area contributed by atoms with E-state index in [2.05, 4.69) is 22.0 Å². The summed E-state index contributed by atoms with van der Waals surface area (Å²) in [5.74, 6) is -2.55. The fraction of sp³-hybridized carbons (Fsp3) is 0.679. The quantitative estimate of drug-likeness (QED) is 0.525. The number of nitrogens with one attached hydrogen (secondary N) is 1. The van der Waals surface area contributed by atoms with Gasteiger partial charge in [-0.2, -0.15) is 0 Å². The Morgan fingerprint density at radius 3 is 2.34 bits per heavy atom. The molecule has 3 aliphatic rings. The lowest BCUT2D eigenvalue weighted by Gasteiger charge is -2.37. The highest BCUT2D eigenvalue weighted by Crippen LogP contribution is 2.37. The largest absolute Gasteiger partial charge is 0.369 e.